The summed E-state index contributed by atoms with van der Waals surface area (Å²) < 4.78 is 0. The molecule has 0 aliphatic rings. The number of aromatic amines is 1. The van der Waals surface area contributed by atoms with Crippen molar-refractivity contribution in [2.45, 2.75) is 13.5 Å². The molecule has 1 aromatic heterocycles. The third-order valence-corrected chi connectivity index (χ3v) is 1.93. The number of aryl methyl sites for hydroxylation is 1. The summed E-state index contributed by atoms with van der Waals surface area (Å²) in [5, 5.41) is 0. The normalized spacial score (nSPS) is 10.8. The topological polar surface area (TPSA) is 54.7 Å². The zero-order valence-electron chi connectivity index (χ0n) is 6.96. The van der Waals surface area contributed by atoms with Crippen LogP contribution in [0, 0.1) is 6.92 Å². The number of benzene rings is 1. The minimum absolute atomic E-state index is 0.543. The van der Waals surface area contributed by atoms with Gasteiger partial charge in [0.15, 0.2) is 0 Å². The van der Waals surface area contributed by atoms with Crippen LogP contribution in [0.1, 0.15) is 11.4 Å². The summed E-state index contributed by atoms with van der Waals surface area (Å²) in [6, 6.07) is 6.00. The quantitative estimate of drug-likeness (QED) is 0.663. The monoisotopic (exact) mass is 161 g/mol. The number of rotatable bonds is 1. The van der Waals surface area contributed by atoms with Crippen molar-refractivity contribution < 1.29 is 0 Å². The van der Waals surface area contributed by atoms with Gasteiger partial charge in [-0.15, -0.1) is 0 Å². The van der Waals surface area contributed by atoms with Gasteiger partial charge in [-0.05, 0) is 18.6 Å². The van der Waals surface area contributed by atoms with Gasteiger partial charge in [0, 0.05) is 6.54 Å². The summed E-state index contributed by atoms with van der Waals surface area (Å²) in [6.45, 7) is 2.49. The molecule has 0 saturated carbocycles. The highest BCUT2D eigenvalue weighted by Crippen LogP contribution is 2.15. The zero-order chi connectivity index (χ0) is 8.55. The lowest BCUT2D eigenvalue weighted by Gasteiger charge is -1.95. The maximum Gasteiger partial charge on any atom is 0.104 e. The summed E-state index contributed by atoms with van der Waals surface area (Å²) in [6.07, 6.45) is 0. The fourth-order valence-corrected chi connectivity index (χ4v) is 1.38. The van der Waals surface area contributed by atoms with Crippen LogP contribution < -0.4 is 5.73 Å². The Labute approximate surface area is 70.6 Å². The van der Waals surface area contributed by atoms with Gasteiger partial charge in [0.05, 0.1) is 11.0 Å². The van der Waals surface area contributed by atoms with E-state index in [1.807, 2.05) is 25.1 Å². The van der Waals surface area contributed by atoms with Crippen LogP contribution in [0.4, 0.5) is 0 Å². The Morgan fingerprint density at radius 2 is 2.33 bits per heavy atom. The van der Waals surface area contributed by atoms with Crippen LogP contribution >= 0.6 is 0 Å². The Morgan fingerprint density at radius 3 is 3.08 bits per heavy atom. The van der Waals surface area contributed by atoms with Gasteiger partial charge in [-0.3, -0.25) is 0 Å². The van der Waals surface area contributed by atoms with Gasteiger partial charge in [-0.25, -0.2) is 4.98 Å². The van der Waals surface area contributed by atoms with E-state index in [1.54, 1.807) is 0 Å². The summed E-state index contributed by atoms with van der Waals surface area (Å²) >= 11 is 0. The summed E-state index contributed by atoms with van der Waals surface area (Å²) in [5.41, 5.74) is 8.73. The first-order valence-corrected chi connectivity index (χ1v) is 3.95. The van der Waals surface area contributed by atoms with Crippen LogP contribution in [0.15, 0.2) is 18.2 Å². The van der Waals surface area contributed by atoms with Crippen LogP contribution in [0.5, 0.6) is 0 Å². The molecular formula is C9H11N3. The zero-order valence-corrected chi connectivity index (χ0v) is 6.96. The van der Waals surface area contributed by atoms with Crippen LogP contribution in [0.25, 0.3) is 11.0 Å². The number of hydrogen-bond acceptors (Lipinski definition) is 2. The molecule has 3 nitrogen and oxygen atoms in total. The first kappa shape index (κ1) is 7.31. The molecule has 0 atom stereocenters. The molecular weight excluding hydrogens is 150 g/mol. The highest BCUT2D eigenvalue weighted by Gasteiger charge is 2.02. The Balaban J connectivity index is 2.78. The van der Waals surface area contributed by atoms with E-state index in [-0.39, 0.29) is 0 Å². The second-order valence-corrected chi connectivity index (χ2v) is 2.84. The average Bonchev–Trinajstić information content (AvgIpc) is 2.44. The van der Waals surface area contributed by atoms with Gasteiger partial charge in [0.1, 0.15) is 5.82 Å². The Bertz CT molecular complexity index is 403. The van der Waals surface area contributed by atoms with Crippen molar-refractivity contribution in [2.75, 3.05) is 0 Å². The fraction of sp³-hybridized carbons (Fsp3) is 0.222. The van der Waals surface area contributed by atoms with E-state index >= 15 is 0 Å². The second-order valence-electron chi connectivity index (χ2n) is 2.84. The predicted molar refractivity (Wildman–Crippen MR) is 48.7 cm³/mol. The Kier molecular flexibility index (Phi) is 1.59. The van der Waals surface area contributed by atoms with Gasteiger partial charge in [-0.2, -0.15) is 0 Å². The lowest BCUT2D eigenvalue weighted by molar-refractivity contribution is 1.08. The molecule has 0 bridgehead atoms. The van der Waals surface area contributed by atoms with E-state index < -0.39 is 0 Å². The molecule has 0 aliphatic heterocycles. The van der Waals surface area contributed by atoms with Crippen LogP contribution in [-0.4, -0.2) is 9.97 Å². The van der Waals surface area contributed by atoms with Crippen molar-refractivity contribution in [1.29, 1.82) is 0 Å². The molecule has 3 heteroatoms. The minimum Gasteiger partial charge on any atom is -0.342 e. The number of nitrogens with one attached hydrogen (secondary N) is 1. The van der Waals surface area contributed by atoms with E-state index in [0.29, 0.717) is 6.54 Å². The van der Waals surface area contributed by atoms with Crippen molar-refractivity contribution in [3.8, 4) is 0 Å². The van der Waals surface area contributed by atoms with Crippen molar-refractivity contribution in [3.05, 3.63) is 29.6 Å². The highest BCUT2D eigenvalue weighted by molar-refractivity contribution is 5.78. The van der Waals surface area contributed by atoms with E-state index in [0.717, 1.165) is 22.4 Å². The molecule has 1 heterocycles. The number of H-pyrrole nitrogens is 1. The molecule has 0 amide bonds. The number of nitrogens with zero attached hydrogens (tertiary/aromatic N) is 1. The van der Waals surface area contributed by atoms with Gasteiger partial charge in [0.25, 0.3) is 0 Å². The lowest BCUT2D eigenvalue weighted by Crippen LogP contribution is -1.96. The number of fused-ring (bicyclic) bond motifs is 1. The van der Waals surface area contributed by atoms with Gasteiger partial charge in [0.2, 0.25) is 0 Å². The Hall–Kier alpha value is -1.35. The molecule has 12 heavy (non-hydrogen) atoms. The third kappa shape index (κ3) is 0.987. The summed E-state index contributed by atoms with van der Waals surface area (Å²) in [4.78, 5) is 7.51. The minimum atomic E-state index is 0.543. The predicted octanol–water partition coefficient (Wildman–Crippen LogP) is 1.33. The van der Waals surface area contributed by atoms with Crippen molar-refractivity contribution in [1.82, 2.24) is 9.97 Å². The smallest absolute Gasteiger partial charge is 0.104 e. The third-order valence-electron chi connectivity index (χ3n) is 1.93. The maximum atomic E-state index is 5.57. The number of para-hydroxylation sites is 1. The fourth-order valence-electron chi connectivity index (χ4n) is 1.38. The number of aromatic nitrogens is 2. The first-order valence-electron chi connectivity index (χ1n) is 3.95. The summed E-state index contributed by atoms with van der Waals surface area (Å²) in [5.74, 6) is 0.936. The molecule has 3 N–H and O–H groups in total. The van der Waals surface area contributed by atoms with Crippen LogP contribution in [0.2, 0.25) is 0 Å². The number of hydrogen-bond donors (Lipinski definition) is 2. The SMILES string of the molecule is Cc1nc2c(CN)cccc2[nH]1. The molecule has 0 spiro atoms. The van der Waals surface area contributed by atoms with Crippen molar-refractivity contribution in [2.24, 2.45) is 5.73 Å². The second kappa shape index (κ2) is 2.60. The first-order chi connectivity index (χ1) is 5.81. The average molecular weight is 161 g/mol. The van der Waals surface area contributed by atoms with Crippen LogP contribution in [0.3, 0.4) is 0 Å². The standard InChI is InChI=1S/C9H11N3/c1-6-11-8-4-2-3-7(5-10)9(8)12-6/h2-4H,5,10H2,1H3,(H,11,12). The lowest BCUT2D eigenvalue weighted by atomic mass is 10.2. The number of nitrogens with two attached hydrogens (primary N) is 1. The van der Waals surface area contributed by atoms with Crippen LogP contribution in [-0.2, 0) is 6.54 Å². The number of imidazole rings is 1. The molecule has 0 fully saturated rings. The van der Waals surface area contributed by atoms with Gasteiger partial charge in [-0.1, -0.05) is 12.1 Å². The highest BCUT2D eigenvalue weighted by atomic mass is 14.9. The van der Waals surface area contributed by atoms with E-state index in [9.17, 15) is 0 Å². The van der Waals surface area contributed by atoms with Crippen molar-refractivity contribution in [3.63, 3.8) is 0 Å². The molecule has 0 saturated heterocycles. The molecule has 0 radical (unpaired) electrons. The molecule has 2 rings (SSSR count). The van der Waals surface area contributed by atoms with E-state index in [4.69, 9.17) is 5.73 Å². The van der Waals surface area contributed by atoms with Crippen molar-refractivity contribution >= 4 is 11.0 Å². The molecule has 0 unspecified atom stereocenters. The van der Waals surface area contributed by atoms with Gasteiger partial charge >= 0.3 is 0 Å². The molecule has 2 aromatic rings. The molecule has 62 valence electrons. The largest absolute Gasteiger partial charge is 0.342 e. The molecule has 0 aliphatic carbocycles. The van der Waals surface area contributed by atoms with E-state index in [2.05, 4.69) is 9.97 Å². The molecule has 1 aromatic carbocycles. The van der Waals surface area contributed by atoms with E-state index in [1.165, 1.54) is 0 Å². The Morgan fingerprint density at radius 1 is 1.50 bits per heavy atom. The summed E-state index contributed by atoms with van der Waals surface area (Å²) in [7, 11) is 0. The maximum absolute atomic E-state index is 5.57. The van der Waals surface area contributed by atoms with Gasteiger partial charge < -0.3 is 10.7 Å².